The molecule has 1 aliphatic rings. The van der Waals surface area contributed by atoms with Gasteiger partial charge in [-0.25, -0.2) is 0 Å². The van der Waals surface area contributed by atoms with Gasteiger partial charge >= 0.3 is 0 Å². The Hall–Kier alpha value is -2.12. The van der Waals surface area contributed by atoms with Crippen molar-refractivity contribution >= 4 is 35.0 Å². The summed E-state index contributed by atoms with van der Waals surface area (Å²) in [6, 6.07) is 5.30. The number of rotatable bonds is 6. The van der Waals surface area contributed by atoms with Crippen LogP contribution in [0.4, 0.5) is 5.69 Å². The number of amides is 3. The van der Waals surface area contributed by atoms with Crippen molar-refractivity contribution in [2.45, 2.75) is 20.8 Å². The number of quaternary nitrogens is 1. The summed E-state index contributed by atoms with van der Waals surface area (Å²) in [5, 5.41) is 3.37. The van der Waals surface area contributed by atoms with Gasteiger partial charge in [-0.05, 0) is 31.5 Å². The van der Waals surface area contributed by atoms with Crippen molar-refractivity contribution in [3.63, 3.8) is 0 Å². The summed E-state index contributed by atoms with van der Waals surface area (Å²) in [6.07, 6.45) is 0. The molecule has 0 unspecified atom stereocenters. The summed E-state index contributed by atoms with van der Waals surface area (Å²) in [7, 11) is 0. The Morgan fingerprint density at radius 3 is 2.52 bits per heavy atom. The average molecular weight is 396 g/mol. The second-order valence-electron chi connectivity index (χ2n) is 6.85. The largest absolute Gasteiger partial charge is 0.332 e. The Balaban J connectivity index is 1.86. The van der Waals surface area contributed by atoms with Crippen LogP contribution in [-0.4, -0.2) is 73.3 Å². The second-order valence-corrected chi connectivity index (χ2v) is 7.28. The van der Waals surface area contributed by atoms with Crippen molar-refractivity contribution in [1.29, 1.82) is 0 Å². The lowest BCUT2D eigenvalue weighted by Gasteiger charge is -2.32. The molecule has 27 heavy (non-hydrogen) atoms. The van der Waals surface area contributed by atoms with E-state index in [1.165, 1.54) is 0 Å². The highest BCUT2D eigenvalue weighted by molar-refractivity contribution is 6.31. The molecule has 2 N–H and O–H groups in total. The molecule has 1 saturated heterocycles. The van der Waals surface area contributed by atoms with Gasteiger partial charge in [0.05, 0.1) is 26.2 Å². The minimum absolute atomic E-state index is 0.00807. The number of carbonyl (C=O) groups excluding carboxylic acids is 3. The van der Waals surface area contributed by atoms with E-state index in [0.717, 1.165) is 23.6 Å². The van der Waals surface area contributed by atoms with E-state index in [2.05, 4.69) is 5.32 Å². The normalized spacial score (nSPS) is 14.7. The van der Waals surface area contributed by atoms with E-state index >= 15 is 0 Å². The number of anilines is 1. The number of carbonyl (C=O) groups is 3. The van der Waals surface area contributed by atoms with Crippen LogP contribution in [0.3, 0.4) is 0 Å². The summed E-state index contributed by atoms with van der Waals surface area (Å²) in [4.78, 5) is 40.8. The van der Waals surface area contributed by atoms with E-state index in [-0.39, 0.29) is 24.3 Å². The molecule has 1 aromatic rings. The summed E-state index contributed by atoms with van der Waals surface area (Å²) in [6.45, 7) is 8.95. The van der Waals surface area contributed by atoms with Crippen molar-refractivity contribution in [1.82, 2.24) is 9.80 Å². The molecule has 0 radical (unpaired) electrons. The van der Waals surface area contributed by atoms with Gasteiger partial charge in [-0.1, -0.05) is 17.7 Å². The standard InChI is InChI=1S/C19H27ClN4O3/c1-4-23(12-18(26)21-17-11-16(20)6-5-14(17)2)19(27)13-22-7-9-24(10-8-22)15(3)25/h5-6,11H,4,7-10,12-13H2,1-3H3,(H,21,26)/p+1. The first-order chi connectivity index (χ1) is 12.8. The Morgan fingerprint density at radius 1 is 1.26 bits per heavy atom. The number of piperazine rings is 1. The fourth-order valence-corrected chi connectivity index (χ4v) is 3.28. The van der Waals surface area contributed by atoms with Gasteiger partial charge in [0.1, 0.15) is 6.54 Å². The molecule has 1 aromatic carbocycles. The summed E-state index contributed by atoms with van der Waals surface area (Å²) >= 11 is 5.98. The topological polar surface area (TPSA) is 74.2 Å². The molecule has 148 valence electrons. The number of nitrogens with one attached hydrogen (secondary N) is 2. The van der Waals surface area contributed by atoms with Crippen molar-refractivity contribution in [2.24, 2.45) is 0 Å². The minimum Gasteiger partial charge on any atom is -0.332 e. The smallest absolute Gasteiger partial charge is 0.278 e. The molecule has 0 bridgehead atoms. The molecule has 8 heteroatoms. The lowest BCUT2D eigenvalue weighted by atomic mass is 10.2. The van der Waals surface area contributed by atoms with Gasteiger partial charge < -0.3 is 20.0 Å². The Kier molecular flexibility index (Phi) is 7.62. The number of likely N-dealkylation sites (N-methyl/N-ethyl adjacent to an activating group) is 1. The molecule has 0 aliphatic carbocycles. The van der Waals surface area contributed by atoms with Crippen molar-refractivity contribution in [3.05, 3.63) is 28.8 Å². The number of halogens is 1. The van der Waals surface area contributed by atoms with E-state index in [1.54, 1.807) is 28.9 Å². The molecule has 7 nitrogen and oxygen atoms in total. The van der Waals surface area contributed by atoms with Crippen LogP contribution in [0.5, 0.6) is 0 Å². The molecule has 3 amide bonds. The molecule has 0 aromatic heterocycles. The molecular formula is C19H28ClN4O3+. The summed E-state index contributed by atoms with van der Waals surface area (Å²) < 4.78 is 0. The van der Waals surface area contributed by atoms with Crippen LogP contribution in [0.1, 0.15) is 19.4 Å². The number of aryl methyl sites for hydroxylation is 1. The first kappa shape index (κ1) is 21.2. The SMILES string of the molecule is CCN(CC(=O)Nc1cc(Cl)ccc1C)C(=O)C[NH+]1CCN(C(C)=O)CC1. The quantitative estimate of drug-likeness (QED) is 0.721. The maximum atomic E-state index is 12.6. The average Bonchev–Trinajstić information content (AvgIpc) is 2.63. The Morgan fingerprint density at radius 2 is 1.93 bits per heavy atom. The first-order valence-electron chi connectivity index (χ1n) is 9.23. The number of hydrogen-bond acceptors (Lipinski definition) is 3. The maximum Gasteiger partial charge on any atom is 0.278 e. The third-order valence-corrected chi connectivity index (χ3v) is 5.09. The molecule has 0 saturated carbocycles. The minimum atomic E-state index is -0.244. The zero-order valence-corrected chi connectivity index (χ0v) is 16.9. The highest BCUT2D eigenvalue weighted by atomic mass is 35.5. The summed E-state index contributed by atoms with van der Waals surface area (Å²) in [5.41, 5.74) is 1.57. The number of hydrogen-bond donors (Lipinski definition) is 2. The van der Waals surface area contributed by atoms with E-state index < -0.39 is 0 Å². The maximum absolute atomic E-state index is 12.6. The monoisotopic (exact) mass is 395 g/mol. The van der Waals surface area contributed by atoms with E-state index in [1.807, 2.05) is 19.9 Å². The predicted molar refractivity (Wildman–Crippen MR) is 105 cm³/mol. The van der Waals surface area contributed by atoms with Gasteiger partial charge in [-0.3, -0.25) is 14.4 Å². The third kappa shape index (κ3) is 6.22. The van der Waals surface area contributed by atoms with Crippen LogP contribution in [-0.2, 0) is 14.4 Å². The van der Waals surface area contributed by atoms with Crippen molar-refractivity contribution in [3.8, 4) is 0 Å². The molecule has 0 spiro atoms. The predicted octanol–water partition coefficient (Wildman–Crippen LogP) is 0.182. The lowest BCUT2D eigenvalue weighted by molar-refractivity contribution is -0.896. The molecule has 0 atom stereocenters. The lowest BCUT2D eigenvalue weighted by Crippen LogP contribution is -3.15. The van der Waals surface area contributed by atoms with Crippen molar-refractivity contribution in [2.75, 3.05) is 51.1 Å². The van der Waals surface area contributed by atoms with Crippen LogP contribution in [0.25, 0.3) is 0 Å². The fourth-order valence-electron chi connectivity index (χ4n) is 3.11. The van der Waals surface area contributed by atoms with Crippen LogP contribution in [0, 0.1) is 6.92 Å². The van der Waals surface area contributed by atoms with E-state index in [9.17, 15) is 14.4 Å². The third-order valence-electron chi connectivity index (χ3n) is 4.86. The van der Waals surface area contributed by atoms with E-state index in [0.29, 0.717) is 36.9 Å². The van der Waals surface area contributed by atoms with Gasteiger partial charge in [0.25, 0.3) is 5.91 Å². The zero-order chi connectivity index (χ0) is 20.0. The zero-order valence-electron chi connectivity index (χ0n) is 16.2. The molecule has 1 fully saturated rings. The fraction of sp³-hybridized carbons (Fsp3) is 0.526. The van der Waals surface area contributed by atoms with Crippen LogP contribution < -0.4 is 10.2 Å². The van der Waals surface area contributed by atoms with Gasteiger partial charge in [-0.2, -0.15) is 0 Å². The first-order valence-corrected chi connectivity index (χ1v) is 9.60. The molecule has 1 aliphatic heterocycles. The van der Waals surface area contributed by atoms with Crippen LogP contribution in [0.15, 0.2) is 18.2 Å². The molecule has 1 heterocycles. The Bertz CT molecular complexity index is 702. The number of nitrogens with zero attached hydrogens (tertiary/aromatic N) is 2. The van der Waals surface area contributed by atoms with E-state index in [4.69, 9.17) is 11.6 Å². The number of benzene rings is 1. The van der Waals surface area contributed by atoms with Crippen LogP contribution in [0.2, 0.25) is 5.02 Å². The molecule has 2 rings (SSSR count). The summed E-state index contributed by atoms with van der Waals surface area (Å²) in [5.74, 6) is -0.225. The van der Waals surface area contributed by atoms with Gasteiger partial charge in [-0.15, -0.1) is 0 Å². The second kappa shape index (κ2) is 9.71. The Labute approximate surface area is 165 Å². The highest BCUT2D eigenvalue weighted by Crippen LogP contribution is 2.20. The van der Waals surface area contributed by atoms with Crippen LogP contribution >= 0.6 is 11.6 Å². The highest BCUT2D eigenvalue weighted by Gasteiger charge is 2.26. The van der Waals surface area contributed by atoms with Gasteiger partial charge in [0.15, 0.2) is 6.54 Å². The van der Waals surface area contributed by atoms with Crippen molar-refractivity contribution < 1.29 is 19.3 Å². The van der Waals surface area contributed by atoms with Gasteiger partial charge in [0.2, 0.25) is 11.8 Å². The van der Waals surface area contributed by atoms with Gasteiger partial charge in [0, 0.05) is 24.2 Å². The molecular weight excluding hydrogens is 368 g/mol.